The monoisotopic (exact) mass is 359 g/mol. The lowest BCUT2D eigenvalue weighted by atomic mass is 10.0. The van der Waals surface area contributed by atoms with Crippen LogP contribution in [0.1, 0.15) is 35.4 Å². The van der Waals surface area contributed by atoms with E-state index in [0.717, 1.165) is 41.3 Å². The van der Waals surface area contributed by atoms with Crippen molar-refractivity contribution in [3.63, 3.8) is 0 Å². The van der Waals surface area contributed by atoms with Crippen LogP contribution in [-0.4, -0.2) is 18.1 Å². The molecule has 0 aliphatic carbocycles. The molecule has 1 atom stereocenters. The van der Waals surface area contributed by atoms with Crippen LogP contribution < -0.4 is 5.32 Å². The lowest BCUT2D eigenvalue weighted by molar-refractivity contribution is 0.901. The van der Waals surface area contributed by atoms with Gasteiger partial charge in [0.25, 0.3) is 0 Å². The van der Waals surface area contributed by atoms with Crippen LogP contribution in [0.4, 0.5) is 5.69 Å². The van der Waals surface area contributed by atoms with Crippen molar-refractivity contribution in [1.29, 1.82) is 0 Å². The summed E-state index contributed by atoms with van der Waals surface area (Å²) in [7, 11) is 0. The molecule has 1 aliphatic rings. The minimum Gasteiger partial charge on any atom is -0.341 e. The zero-order valence-corrected chi connectivity index (χ0v) is 15.5. The van der Waals surface area contributed by atoms with E-state index in [2.05, 4.69) is 78.3 Å². The van der Waals surface area contributed by atoms with E-state index in [-0.39, 0.29) is 6.04 Å². The summed E-state index contributed by atoms with van der Waals surface area (Å²) in [5, 5.41) is 5.67. The van der Waals surface area contributed by atoms with E-state index >= 15 is 0 Å². The molecule has 130 valence electrons. The molecule has 2 aromatic carbocycles. The van der Waals surface area contributed by atoms with Gasteiger partial charge in [-0.15, -0.1) is 11.3 Å². The summed E-state index contributed by atoms with van der Waals surface area (Å²) in [5.74, 6) is 0.924. The lowest BCUT2D eigenvalue weighted by Gasteiger charge is -2.14. The summed E-state index contributed by atoms with van der Waals surface area (Å²) in [6, 6.07) is 22.9. The molecule has 4 heteroatoms. The van der Waals surface area contributed by atoms with E-state index in [9.17, 15) is 0 Å². The second-order valence-electron chi connectivity index (χ2n) is 6.20. The van der Waals surface area contributed by atoms with Crippen molar-refractivity contribution in [2.45, 2.75) is 19.4 Å². The Kier molecular flexibility index (Phi) is 4.93. The molecule has 0 spiro atoms. The maximum Gasteiger partial charge on any atom is 0.142 e. The van der Waals surface area contributed by atoms with Crippen molar-refractivity contribution in [2.75, 3.05) is 11.9 Å². The Morgan fingerprint density at radius 3 is 2.58 bits per heavy atom. The molecule has 1 aliphatic heterocycles. The second kappa shape index (κ2) is 7.67. The fourth-order valence-electron chi connectivity index (χ4n) is 3.09. The fourth-order valence-corrected chi connectivity index (χ4v) is 3.86. The zero-order valence-electron chi connectivity index (χ0n) is 14.7. The van der Waals surface area contributed by atoms with Gasteiger partial charge in [-0.05, 0) is 23.9 Å². The number of nitrogens with one attached hydrogen (secondary N) is 1. The minimum absolute atomic E-state index is 0.107. The molecule has 0 fully saturated rings. The topological polar surface area (TPSA) is 36.8 Å². The van der Waals surface area contributed by atoms with Gasteiger partial charge in [-0.3, -0.25) is 9.98 Å². The largest absolute Gasteiger partial charge is 0.341 e. The number of thiophene rings is 1. The van der Waals surface area contributed by atoms with E-state index in [1.54, 1.807) is 11.3 Å². The predicted octanol–water partition coefficient (Wildman–Crippen LogP) is 5.56. The molecule has 3 aromatic rings. The Morgan fingerprint density at radius 2 is 1.81 bits per heavy atom. The molecule has 0 saturated carbocycles. The van der Waals surface area contributed by atoms with Crippen LogP contribution in [-0.2, 0) is 0 Å². The maximum absolute atomic E-state index is 5.20. The highest BCUT2D eigenvalue weighted by molar-refractivity contribution is 7.10. The van der Waals surface area contributed by atoms with Crippen molar-refractivity contribution in [3.8, 4) is 0 Å². The van der Waals surface area contributed by atoms with Crippen molar-refractivity contribution in [2.24, 2.45) is 9.98 Å². The summed E-state index contributed by atoms with van der Waals surface area (Å²) in [6.07, 6.45) is 1.01. The highest BCUT2D eigenvalue weighted by atomic mass is 32.1. The molecule has 0 bridgehead atoms. The lowest BCUT2D eigenvalue weighted by Crippen LogP contribution is -2.19. The SMILES string of the molecule is CCCN=C1Nc2ccccc2C(c2ccccc2)=NC1c1cccs1. The van der Waals surface area contributed by atoms with Crippen LogP contribution in [0.3, 0.4) is 0 Å². The van der Waals surface area contributed by atoms with Gasteiger partial charge >= 0.3 is 0 Å². The molecular weight excluding hydrogens is 338 g/mol. The van der Waals surface area contributed by atoms with Gasteiger partial charge in [-0.2, -0.15) is 0 Å². The third-order valence-corrected chi connectivity index (χ3v) is 5.25. The van der Waals surface area contributed by atoms with Crippen molar-refractivity contribution >= 4 is 28.6 Å². The number of hydrogen-bond donors (Lipinski definition) is 1. The zero-order chi connectivity index (χ0) is 17.8. The third kappa shape index (κ3) is 3.33. The number of anilines is 1. The standard InChI is InChI=1S/C22H21N3S/c1-2-14-23-22-21(19-13-8-15-26-19)25-20(16-9-4-3-5-10-16)17-11-6-7-12-18(17)24-22/h3-13,15,21H,2,14H2,1H3,(H,23,24). The van der Waals surface area contributed by atoms with Crippen LogP contribution >= 0.6 is 11.3 Å². The molecule has 1 unspecified atom stereocenters. The highest BCUT2D eigenvalue weighted by Crippen LogP contribution is 2.32. The number of fused-ring (bicyclic) bond motifs is 1. The molecule has 1 aromatic heterocycles. The van der Waals surface area contributed by atoms with Crippen LogP contribution in [0.25, 0.3) is 0 Å². The van der Waals surface area contributed by atoms with E-state index in [1.165, 1.54) is 4.88 Å². The Hall–Kier alpha value is -2.72. The fraction of sp³-hybridized carbons (Fsp3) is 0.182. The number of aliphatic imine (C=N–C) groups is 2. The van der Waals surface area contributed by atoms with Crippen molar-refractivity contribution in [3.05, 3.63) is 88.1 Å². The summed E-state index contributed by atoms with van der Waals surface area (Å²) in [4.78, 5) is 11.2. The molecule has 1 N–H and O–H groups in total. The maximum atomic E-state index is 5.20. The average molecular weight is 359 g/mol. The Bertz CT molecular complexity index is 927. The van der Waals surface area contributed by atoms with Crippen molar-refractivity contribution < 1.29 is 0 Å². The summed E-state index contributed by atoms with van der Waals surface area (Å²) in [5.41, 5.74) is 4.31. The molecule has 4 rings (SSSR count). The van der Waals surface area contributed by atoms with E-state index < -0.39 is 0 Å². The average Bonchev–Trinajstić information content (AvgIpc) is 3.16. The van der Waals surface area contributed by atoms with Gasteiger partial charge in [-0.1, -0.05) is 61.5 Å². The van der Waals surface area contributed by atoms with Crippen LogP contribution in [0.5, 0.6) is 0 Å². The van der Waals surface area contributed by atoms with Crippen LogP contribution in [0, 0.1) is 0 Å². The smallest absolute Gasteiger partial charge is 0.142 e. The highest BCUT2D eigenvalue weighted by Gasteiger charge is 2.26. The Labute approximate surface area is 158 Å². The summed E-state index contributed by atoms with van der Waals surface area (Å²) >= 11 is 1.72. The van der Waals surface area contributed by atoms with Gasteiger partial charge in [-0.25, -0.2) is 0 Å². The predicted molar refractivity (Wildman–Crippen MR) is 112 cm³/mol. The number of amidine groups is 1. The number of benzodiazepines with no additional fused rings is 1. The van der Waals surface area contributed by atoms with Gasteiger partial charge < -0.3 is 5.32 Å². The molecule has 0 saturated heterocycles. The number of rotatable bonds is 4. The number of nitrogens with zero attached hydrogens (tertiary/aromatic N) is 2. The van der Waals surface area contributed by atoms with Gasteiger partial charge in [0.2, 0.25) is 0 Å². The van der Waals surface area contributed by atoms with Gasteiger partial charge in [0.05, 0.1) is 5.71 Å². The molecule has 0 amide bonds. The first-order chi connectivity index (χ1) is 12.9. The minimum atomic E-state index is -0.107. The van der Waals surface area contributed by atoms with Crippen LogP contribution in [0.2, 0.25) is 0 Å². The molecule has 3 nitrogen and oxygen atoms in total. The van der Waals surface area contributed by atoms with E-state index in [1.807, 2.05) is 6.07 Å². The summed E-state index contributed by atoms with van der Waals surface area (Å²) < 4.78 is 0. The van der Waals surface area contributed by atoms with E-state index in [0.29, 0.717) is 0 Å². The third-order valence-electron chi connectivity index (χ3n) is 4.33. The number of para-hydroxylation sites is 1. The Balaban J connectivity index is 1.92. The van der Waals surface area contributed by atoms with Gasteiger partial charge in [0.1, 0.15) is 11.9 Å². The van der Waals surface area contributed by atoms with Gasteiger partial charge in [0.15, 0.2) is 0 Å². The number of benzene rings is 2. The van der Waals surface area contributed by atoms with Crippen LogP contribution in [0.15, 0.2) is 82.1 Å². The van der Waals surface area contributed by atoms with E-state index in [4.69, 9.17) is 9.98 Å². The normalized spacial score (nSPS) is 18.0. The molecule has 0 radical (unpaired) electrons. The van der Waals surface area contributed by atoms with Crippen molar-refractivity contribution in [1.82, 2.24) is 0 Å². The first-order valence-corrected chi connectivity index (χ1v) is 9.82. The van der Waals surface area contributed by atoms with Gasteiger partial charge in [0, 0.05) is 28.2 Å². The first-order valence-electron chi connectivity index (χ1n) is 8.94. The number of hydrogen-bond acceptors (Lipinski definition) is 3. The Morgan fingerprint density at radius 1 is 1.00 bits per heavy atom. The quantitative estimate of drug-likeness (QED) is 0.650. The molecule has 2 heterocycles. The molecular formula is C22H21N3S. The first kappa shape index (κ1) is 16.7. The summed E-state index contributed by atoms with van der Waals surface area (Å²) in [6.45, 7) is 2.94. The second-order valence-corrected chi connectivity index (χ2v) is 7.18. The molecule has 26 heavy (non-hydrogen) atoms.